The molecule has 2 heterocycles. The first-order valence-corrected chi connectivity index (χ1v) is 9.20. The molecule has 4 aromatic rings. The van der Waals surface area contributed by atoms with E-state index < -0.39 is 0 Å². The molecular weight excluding hydrogens is 382 g/mol. The predicted molar refractivity (Wildman–Crippen MR) is 106 cm³/mol. The van der Waals surface area contributed by atoms with Crippen LogP contribution in [0.1, 0.15) is 25.0 Å². The second-order valence-corrected chi connectivity index (χ2v) is 8.19. The Kier molecular flexibility index (Phi) is 2.82. The van der Waals surface area contributed by atoms with Crippen LogP contribution in [0.15, 0.2) is 59.1 Å². The van der Waals surface area contributed by atoms with E-state index in [0.717, 1.165) is 9.50 Å². The third-order valence-electron chi connectivity index (χ3n) is 5.30. The molecular formula is C21H15BrClN. The fraction of sp³-hybridized carbons (Fsp3) is 0.143. The van der Waals surface area contributed by atoms with Gasteiger partial charge >= 0.3 is 0 Å². The zero-order chi connectivity index (χ0) is 16.6. The molecule has 0 saturated heterocycles. The van der Waals surface area contributed by atoms with Gasteiger partial charge in [0.15, 0.2) is 0 Å². The highest BCUT2D eigenvalue weighted by molar-refractivity contribution is 9.10. The second kappa shape index (κ2) is 4.65. The van der Waals surface area contributed by atoms with Crippen LogP contribution < -0.4 is 0 Å². The van der Waals surface area contributed by atoms with Crippen molar-refractivity contribution >= 4 is 49.3 Å². The lowest BCUT2D eigenvalue weighted by Crippen LogP contribution is -2.26. The summed E-state index contributed by atoms with van der Waals surface area (Å²) in [6.45, 7) is 4.53. The van der Waals surface area contributed by atoms with Crippen molar-refractivity contribution in [3.63, 3.8) is 0 Å². The number of hydrogen-bond donors (Lipinski definition) is 0. The third-order valence-corrected chi connectivity index (χ3v) is 6.27. The first-order valence-electron chi connectivity index (χ1n) is 8.03. The van der Waals surface area contributed by atoms with E-state index in [1.54, 1.807) is 0 Å². The average molecular weight is 397 g/mol. The van der Waals surface area contributed by atoms with Gasteiger partial charge in [-0.25, -0.2) is 0 Å². The number of rotatable bonds is 0. The Hall–Kier alpha value is -1.77. The maximum Gasteiger partial charge on any atom is 0.0597 e. The van der Waals surface area contributed by atoms with Crippen LogP contribution in [-0.2, 0) is 5.41 Å². The Bertz CT molecular complexity index is 1150. The van der Waals surface area contributed by atoms with Gasteiger partial charge in [-0.2, -0.15) is 0 Å². The van der Waals surface area contributed by atoms with Crippen molar-refractivity contribution in [1.82, 2.24) is 4.57 Å². The van der Waals surface area contributed by atoms with Gasteiger partial charge in [0.2, 0.25) is 0 Å². The maximum atomic E-state index is 6.70. The summed E-state index contributed by atoms with van der Waals surface area (Å²) in [5, 5.41) is 3.33. The summed E-state index contributed by atoms with van der Waals surface area (Å²) in [5.74, 6) is 0. The van der Waals surface area contributed by atoms with Crippen molar-refractivity contribution in [3.8, 4) is 5.69 Å². The molecule has 0 fully saturated rings. The third kappa shape index (κ3) is 1.61. The standard InChI is InChI=1S/C21H15BrClN/c1-21(2)13-6-3-4-8-16(13)24-17-9-5-7-14(22)18(17)12-10-11-15(23)19(21)20(12)24/h3-11H,1-2H3. The molecule has 118 valence electrons. The Morgan fingerprint density at radius 3 is 2.58 bits per heavy atom. The number of fused-ring (bicyclic) bond motifs is 5. The number of nitrogens with zero attached hydrogens (tertiary/aromatic N) is 1. The summed E-state index contributed by atoms with van der Waals surface area (Å²) in [5.41, 5.74) is 6.08. The number of benzene rings is 3. The molecule has 1 aliphatic heterocycles. The van der Waals surface area contributed by atoms with Crippen LogP contribution in [0.3, 0.4) is 0 Å². The lowest BCUT2D eigenvalue weighted by molar-refractivity contribution is 0.630. The van der Waals surface area contributed by atoms with Crippen molar-refractivity contribution in [2.24, 2.45) is 0 Å². The van der Waals surface area contributed by atoms with Crippen molar-refractivity contribution in [1.29, 1.82) is 0 Å². The fourth-order valence-corrected chi connectivity index (χ4v) is 5.22. The Labute approximate surface area is 154 Å². The Morgan fingerprint density at radius 1 is 0.958 bits per heavy atom. The van der Waals surface area contributed by atoms with Gasteiger partial charge in [0.05, 0.1) is 16.7 Å². The first-order chi connectivity index (χ1) is 11.5. The molecule has 1 aromatic heterocycles. The zero-order valence-corrected chi connectivity index (χ0v) is 15.7. The maximum absolute atomic E-state index is 6.70. The lowest BCUT2D eigenvalue weighted by Gasteiger charge is -2.35. The van der Waals surface area contributed by atoms with Crippen LogP contribution in [0.25, 0.3) is 27.5 Å². The van der Waals surface area contributed by atoms with Gasteiger partial charge in [-0.05, 0) is 29.8 Å². The van der Waals surface area contributed by atoms with Crippen LogP contribution in [0.4, 0.5) is 0 Å². The quantitative estimate of drug-likeness (QED) is 0.307. The van der Waals surface area contributed by atoms with Crippen molar-refractivity contribution in [3.05, 3.63) is 75.2 Å². The van der Waals surface area contributed by atoms with Gasteiger partial charge in [-0.15, -0.1) is 0 Å². The summed E-state index contributed by atoms with van der Waals surface area (Å²) in [6, 6.07) is 19.2. The molecule has 0 atom stereocenters. The largest absolute Gasteiger partial charge is 0.309 e. The highest BCUT2D eigenvalue weighted by Crippen LogP contribution is 2.50. The van der Waals surface area contributed by atoms with Gasteiger partial charge in [0.1, 0.15) is 0 Å². The smallest absolute Gasteiger partial charge is 0.0597 e. The van der Waals surface area contributed by atoms with E-state index in [-0.39, 0.29) is 5.41 Å². The molecule has 0 bridgehead atoms. The minimum Gasteiger partial charge on any atom is -0.309 e. The molecule has 0 amide bonds. The van der Waals surface area contributed by atoms with Crippen LogP contribution in [0, 0.1) is 0 Å². The van der Waals surface area contributed by atoms with Crippen LogP contribution in [0.5, 0.6) is 0 Å². The summed E-state index contributed by atoms with van der Waals surface area (Å²) < 4.78 is 3.49. The highest BCUT2D eigenvalue weighted by atomic mass is 79.9. The first kappa shape index (κ1) is 14.6. The summed E-state index contributed by atoms with van der Waals surface area (Å²) in [4.78, 5) is 0. The zero-order valence-electron chi connectivity index (χ0n) is 13.4. The SMILES string of the molecule is CC1(C)c2ccccc2-n2c3cccc(Br)c3c3ccc(Cl)c1c32. The lowest BCUT2D eigenvalue weighted by atomic mass is 9.74. The van der Waals surface area contributed by atoms with Gasteiger partial charge in [0.25, 0.3) is 0 Å². The summed E-state index contributed by atoms with van der Waals surface area (Å²) in [7, 11) is 0. The van der Waals surface area contributed by atoms with Crippen LogP contribution >= 0.6 is 27.5 Å². The van der Waals surface area contributed by atoms with Crippen molar-refractivity contribution < 1.29 is 0 Å². The van der Waals surface area contributed by atoms with Gasteiger partial charge in [0, 0.05) is 31.2 Å². The molecule has 0 saturated carbocycles. The van der Waals surface area contributed by atoms with E-state index in [1.807, 2.05) is 6.07 Å². The number of para-hydroxylation sites is 1. The molecule has 1 nitrogen and oxygen atoms in total. The monoisotopic (exact) mass is 395 g/mol. The minimum absolute atomic E-state index is 0.135. The number of hydrogen-bond acceptors (Lipinski definition) is 0. The highest BCUT2D eigenvalue weighted by Gasteiger charge is 2.36. The van der Waals surface area contributed by atoms with E-state index in [0.29, 0.717) is 0 Å². The topological polar surface area (TPSA) is 4.93 Å². The molecule has 0 radical (unpaired) electrons. The van der Waals surface area contributed by atoms with E-state index in [1.165, 1.54) is 38.6 Å². The van der Waals surface area contributed by atoms with Crippen LogP contribution in [-0.4, -0.2) is 4.57 Å². The molecule has 3 aromatic carbocycles. The number of aromatic nitrogens is 1. The fourth-order valence-electron chi connectivity index (χ4n) is 4.26. The van der Waals surface area contributed by atoms with Gasteiger partial charge in [-0.1, -0.05) is 71.7 Å². The molecule has 24 heavy (non-hydrogen) atoms. The molecule has 0 unspecified atom stereocenters. The van der Waals surface area contributed by atoms with Gasteiger partial charge < -0.3 is 4.57 Å². The van der Waals surface area contributed by atoms with E-state index in [2.05, 4.69) is 82.9 Å². The van der Waals surface area contributed by atoms with Crippen LogP contribution in [0.2, 0.25) is 5.02 Å². The van der Waals surface area contributed by atoms with E-state index in [4.69, 9.17) is 11.6 Å². The average Bonchev–Trinajstić information content (AvgIpc) is 2.89. The van der Waals surface area contributed by atoms with Gasteiger partial charge in [-0.3, -0.25) is 0 Å². The molecule has 5 rings (SSSR count). The Balaban J connectivity index is 2.18. The predicted octanol–water partition coefficient (Wildman–Crippen LogP) is 6.84. The Morgan fingerprint density at radius 2 is 1.75 bits per heavy atom. The summed E-state index contributed by atoms with van der Waals surface area (Å²) >= 11 is 10.4. The molecule has 0 N–H and O–H groups in total. The van der Waals surface area contributed by atoms with Crippen molar-refractivity contribution in [2.75, 3.05) is 0 Å². The van der Waals surface area contributed by atoms with E-state index >= 15 is 0 Å². The van der Waals surface area contributed by atoms with E-state index in [9.17, 15) is 0 Å². The second-order valence-electron chi connectivity index (χ2n) is 6.93. The summed E-state index contributed by atoms with van der Waals surface area (Å²) in [6.07, 6.45) is 0. The molecule has 1 aliphatic rings. The minimum atomic E-state index is -0.135. The van der Waals surface area contributed by atoms with Crippen molar-refractivity contribution in [2.45, 2.75) is 19.3 Å². The molecule has 0 spiro atoms. The normalized spacial score (nSPS) is 15.0. The number of halogens is 2. The molecule has 0 aliphatic carbocycles. The molecule has 3 heteroatoms.